The fourth-order valence-electron chi connectivity index (χ4n) is 3.45. The number of carbonyl (C=O) groups is 1. The van der Waals surface area contributed by atoms with Crippen molar-refractivity contribution in [3.05, 3.63) is 70.3 Å². The molecule has 0 saturated carbocycles. The Morgan fingerprint density at radius 3 is 2.53 bits per heavy atom. The molecule has 2 aromatic carbocycles. The summed E-state index contributed by atoms with van der Waals surface area (Å²) in [5.41, 5.74) is 8.68. The average Bonchev–Trinajstić information content (AvgIpc) is 2.72. The normalized spacial score (nSPS) is 12.7. The Balaban J connectivity index is 2.25. The molecular weight excluding hydrogens is 378 g/mol. The predicted molar refractivity (Wildman–Crippen MR) is 120 cm³/mol. The standard InChI is InChI=1S/C24H33N3O3/c1-16(2)14-19-11-7-8-12-20(19)18(4)26-30-15-22-17(3)10-9-13-21(22)23(27-29-6)24(28)25-5/h7-13,16,23,27H,14-15H2,1-6H3,(H,25,28)/b26-18+. The molecule has 0 bridgehead atoms. The lowest BCUT2D eigenvalue weighted by Crippen LogP contribution is -2.36. The van der Waals surface area contributed by atoms with Gasteiger partial charge in [0.15, 0.2) is 0 Å². The van der Waals surface area contributed by atoms with Crippen LogP contribution in [0.5, 0.6) is 0 Å². The topological polar surface area (TPSA) is 72.0 Å². The first-order valence-electron chi connectivity index (χ1n) is 10.2. The van der Waals surface area contributed by atoms with E-state index >= 15 is 0 Å². The Hall–Kier alpha value is -2.70. The van der Waals surface area contributed by atoms with Gasteiger partial charge in [0.05, 0.1) is 12.8 Å². The monoisotopic (exact) mass is 411 g/mol. The van der Waals surface area contributed by atoms with Gasteiger partial charge < -0.3 is 15.0 Å². The van der Waals surface area contributed by atoms with Gasteiger partial charge in [-0.3, -0.25) is 4.79 Å². The molecule has 2 rings (SSSR count). The van der Waals surface area contributed by atoms with Crippen LogP contribution in [0.25, 0.3) is 0 Å². The summed E-state index contributed by atoms with van der Waals surface area (Å²) in [6.07, 6.45) is 0.988. The van der Waals surface area contributed by atoms with E-state index in [1.807, 2.05) is 38.1 Å². The van der Waals surface area contributed by atoms with Gasteiger partial charge in [0.1, 0.15) is 12.6 Å². The molecule has 0 heterocycles. The van der Waals surface area contributed by atoms with Gasteiger partial charge in [-0.05, 0) is 42.9 Å². The number of rotatable bonds is 10. The molecule has 1 amide bonds. The first-order valence-corrected chi connectivity index (χ1v) is 10.2. The van der Waals surface area contributed by atoms with E-state index in [2.05, 4.69) is 48.0 Å². The zero-order chi connectivity index (χ0) is 22.1. The van der Waals surface area contributed by atoms with Gasteiger partial charge in [-0.25, -0.2) is 0 Å². The Morgan fingerprint density at radius 2 is 1.87 bits per heavy atom. The zero-order valence-electron chi connectivity index (χ0n) is 18.8. The maximum atomic E-state index is 12.3. The lowest BCUT2D eigenvalue weighted by Gasteiger charge is -2.20. The number of aryl methyl sites for hydroxylation is 1. The first-order chi connectivity index (χ1) is 14.4. The largest absolute Gasteiger partial charge is 0.391 e. The van der Waals surface area contributed by atoms with E-state index in [1.165, 1.54) is 12.7 Å². The van der Waals surface area contributed by atoms with Gasteiger partial charge in [0, 0.05) is 18.2 Å². The molecule has 2 aromatic rings. The maximum absolute atomic E-state index is 12.3. The quantitative estimate of drug-likeness (QED) is 0.457. The van der Waals surface area contributed by atoms with Crippen LogP contribution in [0, 0.1) is 12.8 Å². The van der Waals surface area contributed by atoms with Gasteiger partial charge in [0.25, 0.3) is 0 Å². The number of carbonyl (C=O) groups excluding carboxylic acids is 1. The fraction of sp³-hybridized carbons (Fsp3) is 0.417. The number of amides is 1. The highest BCUT2D eigenvalue weighted by Gasteiger charge is 2.23. The van der Waals surface area contributed by atoms with Crippen molar-refractivity contribution in [1.82, 2.24) is 10.8 Å². The molecule has 0 aromatic heterocycles. The highest BCUT2D eigenvalue weighted by molar-refractivity contribution is 5.99. The van der Waals surface area contributed by atoms with Crippen LogP contribution in [0.15, 0.2) is 47.6 Å². The van der Waals surface area contributed by atoms with Crippen molar-refractivity contribution in [2.24, 2.45) is 11.1 Å². The minimum Gasteiger partial charge on any atom is -0.391 e. The Labute approximate surface area is 179 Å². The third kappa shape index (κ3) is 6.15. The summed E-state index contributed by atoms with van der Waals surface area (Å²) in [7, 11) is 3.09. The molecule has 0 radical (unpaired) electrons. The maximum Gasteiger partial charge on any atom is 0.243 e. The smallest absolute Gasteiger partial charge is 0.243 e. The molecule has 1 atom stereocenters. The molecule has 2 N–H and O–H groups in total. The summed E-state index contributed by atoms with van der Waals surface area (Å²) in [6.45, 7) is 8.61. The van der Waals surface area contributed by atoms with E-state index < -0.39 is 6.04 Å². The second kappa shape index (κ2) is 11.5. The number of oxime groups is 1. The molecule has 0 aliphatic rings. The van der Waals surface area contributed by atoms with Crippen LogP contribution in [-0.4, -0.2) is 25.8 Å². The third-order valence-corrected chi connectivity index (χ3v) is 4.95. The van der Waals surface area contributed by atoms with Crippen molar-refractivity contribution in [1.29, 1.82) is 0 Å². The van der Waals surface area contributed by atoms with Gasteiger partial charge in [0.2, 0.25) is 5.91 Å². The van der Waals surface area contributed by atoms with Crippen LogP contribution in [0.1, 0.15) is 54.6 Å². The second-order valence-corrected chi connectivity index (χ2v) is 7.72. The van der Waals surface area contributed by atoms with Crippen molar-refractivity contribution < 1.29 is 14.5 Å². The van der Waals surface area contributed by atoms with Crippen LogP contribution < -0.4 is 10.8 Å². The van der Waals surface area contributed by atoms with E-state index in [0.29, 0.717) is 5.92 Å². The molecular formula is C24H33N3O3. The molecule has 6 nitrogen and oxygen atoms in total. The summed E-state index contributed by atoms with van der Waals surface area (Å²) in [4.78, 5) is 23.1. The number of nitrogens with zero attached hydrogens (tertiary/aromatic N) is 1. The highest BCUT2D eigenvalue weighted by Crippen LogP contribution is 2.23. The molecule has 0 spiro atoms. The van der Waals surface area contributed by atoms with Crippen LogP contribution in [0.3, 0.4) is 0 Å². The zero-order valence-corrected chi connectivity index (χ0v) is 18.8. The highest BCUT2D eigenvalue weighted by atomic mass is 16.6. The van der Waals surface area contributed by atoms with Gasteiger partial charge in [-0.15, -0.1) is 0 Å². The number of hydrogen-bond donors (Lipinski definition) is 2. The fourth-order valence-corrected chi connectivity index (χ4v) is 3.45. The van der Waals surface area contributed by atoms with E-state index in [-0.39, 0.29) is 12.5 Å². The van der Waals surface area contributed by atoms with Gasteiger partial charge in [-0.2, -0.15) is 5.48 Å². The number of hydrogen-bond acceptors (Lipinski definition) is 5. The number of hydroxylamine groups is 1. The van der Waals surface area contributed by atoms with Gasteiger partial charge in [-0.1, -0.05) is 61.5 Å². The third-order valence-electron chi connectivity index (χ3n) is 4.95. The van der Waals surface area contributed by atoms with E-state index in [0.717, 1.165) is 34.4 Å². The Morgan fingerprint density at radius 1 is 1.13 bits per heavy atom. The van der Waals surface area contributed by atoms with Crippen molar-refractivity contribution >= 4 is 11.6 Å². The van der Waals surface area contributed by atoms with E-state index in [1.54, 1.807) is 7.05 Å². The summed E-state index contributed by atoms with van der Waals surface area (Å²) in [5, 5.41) is 7.04. The predicted octanol–water partition coefficient (Wildman–Crippen LogP) is 4.07. The lowest BCUT2D eigenvalue weighted by atomic mass is 9.96. The average molecular weight is 412 g/mol. The molecule has 6 heteroatoms. The second-order valence-electron chi connectivity index (χ2n) is 7.72. The number of nitrogens with one attached hydrogen (secondary N) is 2. The molecule has 30 heavy (non-hydrogen) atoms. The minimum atomic E-state index is -0.643. The van der Waals surface area contributed by atoms with E-state index in [9.17, 15) is 4.79 Å². The molecule has 0 saturated heterocycles. The molecule has 0 aliphatic carbocycles. The number of likely N-dealkylation sites (N-methyl/N-ethyl adjacent to an activating group) is 1. The van der Waals surface area contributed by atoms with E-state index in [4.69, 9.17) is 9.68 Å². The molecule has 162 valence electrons. The van der Waals surface area contributed by atoms with Crippen LogP contribution in [0.4, 0.5) is 0 Å². The van der Waals surface area contributed by atoms with Crippen LogP contribution in [0.2, 0.25) is 0 Å². The van der Waals surface area contributed by atoms with Gasteiger partial charge >= 0.3 is 0 Å². The Bertz CT molecular complexity index is 878. The minimum absolute atomic E-state index is 0.189. The van der Waals surface area contributed by atoms with Crippen LogP contribution >= 0.6 is 0 Å². The summed E-state index contributed by atoms with van der Waals surface area (Å²) >= 11 is 0. The summed E-state index contributed by atoms with van der Waals surface area (Å²) < 4.78 is 0. The van der Waals surface area contributed by atoms with Crippen molar-refractivity contribution in [3.8, 4) is 0 Å². The van der Waals surface area contributed by atoms with Crippen molar-refractivity contribution in [2.75, 3.05) is 14.2 Å². The lowest BCUT2D eigenvalue weighted by molar-refractivity contribution is -0.126. The molecule has 0 fully saturated rings. The molecule has 1 unspecified atom stereocenters. The Kier molecular flexibility index (Phi) is 9.02. The number of benzene rings is 2. The molecule has 0 aliphatic heterocycles. The summed E-state index contributed by atoms with van der Waals surface area (Å²) in [5.74, 6) is 0.371. The van der Waals surface area contributed by atoms with Crippen molar-refractivity contribution in [3.63, 3.8) is 0 Å². The van der Waals surface area contributed by atoms with Crippen LogP contribution in [-0.2, 0) is 27.5 Å². The SMILES string of the molecule is CNC(=O)C(NOC)c1cccc(C)c1CO/N=C(\C)c1ccccc1CC(C)C. The van der Waals surface area contributed by atoms with Crippen molar-refractivity contribution in [2.45, 2.75) is 46.8 Å². The first kappa shape index (κ1) is 23.6. The summed E-state index contributed by atoms with van der Waals surface area (Å²) in [6, 6.07) is 13.4.